The molecule has 0 unspecified atom stereocenters. The molecule has 2 aliphatic rings. The molecule has 1 aromatic rings. The maximum atomic E-state index is 13.7. The van der Waals surface area contributed by atoms with Gasteiger partial charge in [-0.2, -0.15) is 0 Å². The van der Waals surface area contributed by atoms with E-state index in [2.05, 4.69) is 0 Å². The average molecular weight is 371 g/mol. The van der Waals surface area contributed by atoms with Crippen molar-refractivity contribution in [1.29, 1.82) is 0 Å². The van der Waals surface area contributed by atoms with Crippen molar-refractivity contribution in [2.75, 3.05) is 7.11 Å². The van der Waals surface area contributed by atoms with E-state index >= 15 is 0 Å². The van der Waals surface area contributed by atoms with Gasteiger partial charge >= 0.3 is 0 Å². The molecule has 5 heteroatoms. The second-order valence-corrected chi connectivity index (χ2v) is 7.71. The highest BCUT2D eigenvalue weighted by molar-refractivity contribution is 6.07. The number of carbonyl (C=O) groups excluding carboxylic acids is 3. The van der Waals surface area contributed by atoms with E-state index in [4.69, 9.17) is 4.74 Å². The Morgan fingerprint density at radius 1 is 0.889 bits per heavy atom. The van der Waals surface area contributed by atoms with Crippen molar-refractivity contribution in [2.24, 2.45) is 0 Å². The van der Waals surface area contributed by atoms with E-state index in [1.54, 1.807) is 12.1 Å². The zero-order valence-corrected chi connectivity index (χ0v) is 16.1. The average Bonchev–Trinajstić information content (AvgIpc) is 2.74. The summed E-state index contributed by atoms with van der Waals surface area (Å²) in [6, 6.07) is 3.51. The predicted octanol–water partition coefficient (Wildman–Crippen LogP) is 4.43. The lowest BCUT2D eigenvalue weighted by molar-refractivity contribution is 0.0445. The van der Waals surface area contributed by atoms with Crippen LogP contribution in [0.2, 0.25) is 0 Å². The van der Waals surface area contributed by atoms with Gasteiger partial charge in [0, 0.05) is 23.2 Å². The van der Waals surface area contributed by atoms with Crippen molar-refractivity contribution in [1.82, 2.24) is 4.90 Å². The van der Waals surface area contributed by atoms with Crippen LogP contribution >= 0.6 is 0 Å². The van der Waals surface area contributed by atoms with Crippen LogP contribution in [0.5, 0.6) is 5.75 Å². The lowest BCUT2D eigenvalue weighted by Gasteiger charge is -2.42. The molecule has 0 radical (unpaired) electrons. The van der Waals surface area contributed by atoms with E-state index < -0.39 is 0 Å². The van der Waals surface area contributed by atoms with Gasteiger partial charge in [0.05, 0.1) is 12.7 Å². The van der Waals surface area contributed by atoms with Crippen molar-refractivity contribution < 1.29 is 19.1 Å². The van der Waals surface area contributed by atoms with Crippen molar-refractivity contribution in [3.05, 3.63) is 28.8 Å². The second-order valence-electron chi connectivity index (χ2n) is 7.71. The Morgan fingerprint density at radius 3 is 1.70 bits per heavy atom. The summed E-state index contributed by atoms with van der Waals surface area (Å²) in [4.78, 5) is 39.1. The molecule has 146 valence electrons. The molecular weight excluding hydrogens is 342 g/mol. The van der Waals surface area contributed by atoms with E-state index in [9.17, 15) is 14.4 Å². The molecule has 0 spiro atoms. The number of ether oxygens (including phenoxy) is 1. The summed E-state index contributed by atoms with van der Waals surface area (Å²) in [6.45, 7) is 0. The molecule has 2 saturated carbocycles. The van der Waals surface area contributed by atoms with Crippen LogP contribution in [-0.2, 0) is 0 Å². The number of nitrogens with zero attached hydrogens (tertiary/aromatic N) is 1. The number of rotatable bonds is 6. The van der Waals surface area contributed by atoms with E-state index in [1.807, 2.05) is 4.90 Å². The van der Waals surface area contributed by atoms with Crippen molar-refractivity contribution in [2.45, 2.75) is 76.3 Å². The van der Waals surface area contributed by atoms with Crippen LogP contribution < -0.4 is 4.74 Å². The smallest absolute Gasteiger partial charge is 0.255 e. The summed E-state index contributed by atoms with van der Waals surface area (Å²) in [5.74, 6) is 0.248. The summed E-state index contributed by atoms with van der Waals surface area (Å²) >= 11 is 0. The molecule has 0 aliphatic heterocycles. The van der Waals surface area contributed by atoms with E-state index in [1.165, 1.54) is 20.0 Å². The van der Waals surface area contributed by atoms with Gasteiger partial charge in [-0.1, -0.05) is 38.5 Å². The zero-order valence-electron chi connectivity index (χ0n) is 16.1. The van der Waals surface area contributed by atoms with Crippen LogP contribution in [0.3, 0.4) is 0 Å². The summed E-state index contributed by atoms with van der Waals surface area (Å²) in [5.41, 5.74) is 0.702. The fraction of sp³-hybridized carbons (Fsp3) is 0.591. The van der Waals surface area contributed by atoms with Gasteiger partial charge in [-0.25, -0.2) is 0 Å². The minimum Gasteiger partial charge on any atom is -0.497 e. The Hall–Kier alpha value is -2.17. The molecule has 1 aromatic carbocycles. The van der Waals surface area contributed by atoms with Gasteiger partial charge in [0.2, 0.25) is 0 Å². The van der Waals surface area contributed by atoms with E-state index in [-0.39, 0.29) is 34.7 Å². The number of hydrogen-bond acceptors (Lipinski definition) is 4. The van der Waals surface area contributed by atoms with Gasteiger partial charge < -0.3 is 9.64 Å². The van der Waals surface area contributed by atoms with Crippen molar-refractivity contribution in [3.63, 3.8) is 0 Å². The minimum absolute atomic E-state index is 0.166. The molecule has 0 saturated heterocycles. The quantitative estimate of drug-likeness (QED) is 0.694. The zero-order chi connectivity index (χ0) is 19.2. The van der Waals surface area contributed by atoms with Gasteiger partial charge in [0.25, 0.3) is 5.91 Å². The lowest BCUT2D eigenvalue weighted by atomic mass is 9.87. The lowest BCUT2D eigenvalue weighted by Crippen LogP contribution is -2.49. The second kappa shape index (κ2) is 9.16. The monoisotopic (exact) mass is 371 g/mol. The predicted molar refractivity (Wildman–Crippen MR) is 104 cm³/mol. The Bertz CT molecular complexity index is 641. The minimum atomic E-state index is -0.166. The molecule has 5 nitrogen and oxygen atoms in total. The van der Waals surface area contributed by atoms with Crippen LogP contribution in [-0.4, -0.2) is 42.6 Å². The first-order chi connectivity index (χ1) is 13.2. The SMILES string of the molecule is COc1cc(C=O)c(C(=O)N(C2CCCCC2)C2CCCCC2)c(C=O)c1. The normalized spacial score (nSPS) is 18.7. The number of benzene rings is 1. The number of amides is 1. The Morgan fingerprint density at radius 2 is 1.33 bits per heavy atom. The third kappa shape index (κ3) is 4.23. The van der Waals surface area contributed by atoms with Crippen LogP contribution in [0, 0.1) is 0 Å². The Labute approximate surface area is 161 Å². The molecule has 0 aromatic heterocycles. The highest BCUT2D eigenvalue weighted by Crippen LogP contribution is 2.33. The molecule has 1 amide bonds. The highest BCUT2D eigenvalue weighted by Gasteiger charge is 2.35. The van der Waals surface area contributed by atoms with Gasteiger partial charge in [-0.05, 0) is 37.8 Å². The Balaban J connectivity index is 2.02. The van der Waals surface area contributed by atoms with E-state index in [0.29, 0.717) is 18.3 Å². The fourth-order valence-corrected chi connectivity index (χ4v) is 4.69. The summed E-state index contributed by atoms with van der Waals surface area (Å²) in [6.07, 6.45) is 12.3. The molecule has 0 bridgehead atoms. The molecule has 2 fully saturated rings. The first-order valence-electron chi connectivity index (χ1n) is 10.1. The summed E-state index contributed by atoms with van der Waals surface area (Å²) in [7, 11) is 1.48. The number of hydrogen-bond donors (Lipinski definition) is 0. The Kier molecular flexibility index (Phi) is 6.64. The summed E-state index contributed by atoms with van der Waals surface area (Å²) < 4.78 is 5.18. The van der Waals surface area contributed by atoms with Crippen LogP contribution in [0.4, 0.5) is 0 Å². The standard InChI is InChI=1S/C22H29NO4/c1-27-20-12-16(14-24)21(17(13-20)15-25)22(26)23(18-8-4-2-5-9-18)19-10-6-3-7-11-19/h12-15,18-19H,2-11H2,1H3. The molecule has 27 heavy (non-hydrogen) atoms. The third-order valence-electron chi connectivity index (χ3n) is 6.05. The molecule has 0 atom stereocenters. The van der Waals surface area contributed by atoms with E-state index in [0.717, 1.165) is 51.4 Å². The fourth-order valence-electron chi connectivity index (χ4n) is 4.69. The molecule has 0 N–H and O–H groups in total. The van der Waals surface area contributed by atoms with Crippen LogP contribution in [0.1, 0.15) is 95.3 Å². The highest BCUT2D eigenvalue weighted by atomic mass is 16.5. The first kappa shape index (κ1) is 19.6. The van der Waals surface area contributed by atoms with Gasteiger partial charge in [0.15, 0.2) is 12.6 Å². The molecule has 2 aliphatic carbocycles. The number of methoxy groups -OCH3 is 1. The largest absolute Gasteiger partial charge is 0.497 e. The van der Waals surface area contributed by atoms with Crippen molar-refractivity contribution in [3.8, 4) is 5.75 Å². The van der Waals surface area contributed by atoms with Gasteiger partial charge in [-0.15, -0.1) is 0 Å². The number of aldehydes is 2. The molecule has 0 heterocycles. The maximum Gasteiger partial charge on any atom is 0.255 e. The third-order valence-corrected chi connectivity index (χ3v) is 6.05. The summed E-state index contributed by atoms with van der Waals surface area (Å²) in [5, 5.41) is 0. The number of carbonyl (C=O) groups is 3. The molecular formula is C22H29NO4. The van der Waals surface area contributed by atoms with Crippen molar-refractivity contribution >= 4 is 18.5 Å². The van der Waals surface area contributed by atoms with Gasteiger partial charge in [0.1, 0.15) is 5.75 Å². The topological polar surface area (TPSA) is 63.7 Å². The molecule has 3 rings (SSSR count). The van der Waals surface area contributed by atoms with Crippen LogP contribution in [0.15, 0.2) is 12.1 Å². The maximum absolute atomic E-state index is 13.7. The first-order valence-corrected chi connectivity index (χ1v) is 10.1. The van der Waals surface area contributed by atoms with Gasteiger partial charge in [-0.3, -0.25) is 14.4 Å². The van der Waals surface area contributed by atoms with Crippen LogP contribution in [0.25, 0.3) is 0 Å².